The van der Waals surface area contributed by atoms with Crippen LogP contribution in [0, 0.1) is 11.6 Å². The second-order valence-corrected chi connectivity index (χ2v) is 3.93. The van der Waals surface area contributed by atoms with Crippen LogP contribution in [0.15, 0.2) is 18.2 Å². The third kappa shape index (κ3) is 4.29. The summed E-state index contributed by atoms with van der Waals surface area (Å²) in [7, 11) is 3.44. The van der Waals surface area contributed by atoms with Crippen LogP contribution in [0.5, 0.6) is 0 Å². The van der Waals surface area contributed by atoms with Gasteiger partial charge in [-0.1, -0.05) is 0 Å². The van der Waals surface area contributed by atoms with Crippen molar-refractivity contribution in [2.45, 2.75) is 6.42 Å². The van der Waals surface area contributed by atoms with Crippen molar-refractivity contribution in [3.63, 3.8) is 0 Å². The van der Waals surface area contributed by atoms with Gasteiger partial charge >= 0.3 is 6.03 Å². The van der Waals surface area contributed by atoms with E-state index in [2.05, 4.69) is 10.6 Å². The summed E-state index contributed by atoms with van der Waals surface area (Å²) < 4.78 is 26.0. The molecular formula is C12H17F2N3O. The molecule has 0 aliphatic rings. The summed E-state index contributed by atoms with van der Waals surface area (Å²) >= 11 is 0. The number of amides is 2. The topological polar surface area (TPSA) is 44.4 Å². The van der Waals surface area contributed by atoms with Crippen molar-refractivity contribution in [3.8, 4) is 0 Å². The fourth-order valence-electron chi connectivity index (χ4n) is 1.40. The second-order valence-electron chi connectivity index (χ2n) is 3.93. The van der Waals surface area contributed by atoms with E-state index >= 15 is 0 Å². The van der Waals surface area contributed by atoms with Crippen molar-refractivity contribution in [3.05, 3.63) is 29.8 Å². The van der Waals surface area contributed by atoms with Gasteiger partial charge in [-0.3, -0.25) is 0 Å². The van der Waals surface area contributed by atoms with Crippen molar-refractivity contribution in [1.82, 2.24) is 10.2 Å². The number of halogens is 2. The van der Waals surface area contributed by atoms with Gasteiger partial charge < -0.3 is 15.5 Å². The molecule has 0 heterocycles. The Kier molecular flexibility index (Phi) is 5.51. The summed E-state index contributed by atoms with van der Waals surface area (Å²) in [5.41, 5.74) is -0.0260. The number of carbonyl (C=O) groups is 1. The van der Waals surface area contributed by atoms with E-state index in [9.17, 15) is 13.6 Å². The molecular weight excluding hydrogens is 240 g/mol. The molecule has 0 bridgehead atoms. The minimum absolute atomic E-state index is 0.0260. The molecule has 0 aliphatic carbocycles. The third-order valence-electron chi connectivity index (χ3n) is 2.44. The molecule has 0 saturated heterocycles. The van der Waals surface area contributed by atoms with Crippen LogP contribution in [0.4, 0.5) is 19.3 Å². The number of benzene rings is 1. The summed E-state index contributed by atoms with van der Waals surface area (Å²) in [5, 5.41) is 5.36. The van der Waals surface area contributed by atoms with Crippen LogP contribution < -0.4 is 10.6 Å². The first-order chi connectivity index (χ1) is 8.54. The maximum absolute atomic E-state index is 13.3. The van der Waals surface area contributed by atoms with Gasteiger partial charge in [0.1, 0.15) is 11.6 Å². The first kappa shape index (κ1) is 14.4. The maximum atomic E-state index is 13.3. The molecule has 0 aromatic heterocycles. The Morgan fingerprint density at radius 1 is 1.39 bits per heavy atom. The predicted octanol–water partition coefficient (Wildman–Crippen LogP) is 2.04. The Bertz CT molecular complexity index is 412. The van der Waals surface area contributed by atoms with Gasteiger partial charge in [0.2, 0.25) is 0 Å². The van der Waals surface area contributed by atoms with Gasteiger partial charge in [-0.2, -0.15) is 0 Å². The summed E-state index contributed by atoms with van der Waals surface area (Å²) in [4.78, 5) is 13.1. The lowest BCUT2D eigenvalue weighted by Gasteiger charge is -2.18. The number of hydrogen-bond acceptors (Lipinski definition) is 2. The van der Waals surface area contributed by atoms with Crippen LogP contribution >= 0.6 is 0 Å². The Morgan fingerprint density at radius 2 is 2.11 bits per heavy atom. The molecule has 2 amide bonds. The Hall–Kier alpha value is -1.69. The fourth-order valence-corrected chi connectivity index (χ4v) is 1.40. The molecule has 0 fully saturated rings. The highest BCUT2D eigenvalue weighted by Crippen LogP contribution is 2.15. The highest BCUT2D eigenvalue weighted by atomic mass is 19.1. The lowest BCUT2D eigenvalue weighted by atomic mass is 10.3. The maximum Gasteiger partial charge on any atom is 0.321 e. The summed E-state index contributed by atoms with van der Waals surface area (Å²) in [6, 6.07) is 2.61. The van der Waals surface area contributed by atoms with Gasteiger partial charge in [-0.05, 0) is 32.1 Å². The molecule has 1 rings (SSSR count). The van der Waals surface area contributed by atoms with Crippen LogP contribution in [0.3, 0.4) is 0 Å². The smallest absolute Gasteiger partial charge is 0.321 e. The number of rotatable bonds is 5. The average Bonchev–Trinajstić information content (AvgIpc) is 2.32. The lowest BCUT2D eigenvalue weighted by Crippen LogP contribution is -2.33. The van der Waals surface area contributed by atoms with E-state index < -0.39 is 17.7 Å². The van der Waals surface area contributed by atoms with E-state index in [-0.39, 0.29) is 5.69 Å². The zero-order valence-corrected chi connectivity index (χ0v) is 10.5. The molecule has 1 aromatic rings. The molecule has 0 radical (unpaired) electrons. The first-order valence-electron chi connectivity index (χ1n) is 5.66. The number of urea groups is 1. The van der Waals surface area contributed by atoms with Crippen molar-refractivity contribution in [2.75, 3.05) is 32.5 Å². The molecule has 1 aromatic carbocycles. The number of nitrogens with one attached hydrogen (secondary N) is 2. The fraction of sp³-hybridized carbons (Fsp3) is 0.417. The van der Waals surface area contributed by atoms with Crippen molar-refractivity contribution in [1.29, 1.82) is 0 Å². The largest absolute Gasteiger partial charge is 0.328 e. The lowest BCUT2D eigenvalue weighted by molar-refractivity contribution is 0.222. The summed E-state index contributed by atoms with van der Waals surface area (Å²) in [6.45, 7) is 1.35. The van der Waals surface area contributed by atoms with Gasteiger partial charge in [-0.25, -0.2) is 13.6 Å². The van der Waals surface area contributed by atoms with Crippen LogP contribution in [0.25, 0.3) is 0 Å². The van der Waals surface area contributed by atoms with Gasteiger partial charge in [-0.15, -0.1) is 0 Å². The summed E-state index contributed by atoms with van der Waals surface area (Å²) in [5.74, 6) is -1.46. The van der Waals surface area contributed by atoms with Gasteiger partial charge in [0, 0.05) is 19.7 Å². The number of hydrogen-bond donors (Lipinski definition) is 2. The van der Waals surface area contributed by atoms with Crippen LogP contribution in [0.2, 0.25) is 0 Å². The normalized spacial score (nSPS) is 10.2. The molecule has 6 heteroatoms. The molecule has 2 N–H and O–H groups in total. The van der Waals surface area contributed by atoms with Crippen LogP contribution in [-0.4, -0.2) is 38.1 Å². The standard InChI is InChI=1S/C12H17F2N3O/c1-15-6-3-7-17(2)12(18)16-11-5-4-9(13)8-10(11)14/h4-5,8,15H,3,6-7H2,1-2H3,(H,16,18). The Balaban J connectivity index is 2.53. The number of nitrogens with zero attached hydrogens (tertiary/aromatic N) is 1. The van der Waals surface area contributed by atoms with Crippen LogP contribution in [0.1, 0.15) is 6.42 Å². The molecule has 0 unspecified atom stereocenters. The molecule has 4 nitrogen and oxygen atoms in total. The van der Waals surface area contributed by atoms with E-state index in [0.717, 1.165) is 25.1 Å². The SMILES string of the molecule is CNCCCN(C)C(=O)Nc1ccc(F)cc1F. The predicted molar refractivity (Wildman–Crippen MR) is 66.6 cm³/mol. The number of anilines is 1. The number of carbonyl (C=O) groups excluding carboxylic acids is 1. The molecule has 18 heavy (non-hydrogen) atoms. The first-order valence-corrected chi connectivity index (χ1v) is 5.66. The second kappa shape index (κ2) is 6.90. The van der Waals surface area contributed by atoms with Gasteiger partial charge in [0.25, 0.3) is 0 Å². The van der Waals surface area contributed by atoms with Crippen molar-refractivity contribution in [2.24, 2.45) is 0 Å². The summed E-state index contributed by atoms with van der Waals surface area (Å²) in [6.07, 6.45) is 0.798. The van der Waals surface area contributed by atoms with E-state index in [1.807, 2.05) is 7.05 Å². The highest BCUT2D eigenvalue weighted by Gasteiger charge is 2.11. The minimum Gasteiger partial charge on any atom is -0.328 e. The van der Waals surface area contributed by atoms with Crippen molar-refractivity contribution >= 4 is 11.7 Å². The Morgan fingerprint density at radius 3 is 2.72 bits per heavy atom. The highest BCUT2D eigenvalue weighted by molar-refractivity contribution is 5.89. The van der Waals surface area contributed by atoms with Gasteiger partial charge in [0.05, 0.1) is 5.69 Å². The third-order valence-corrected chi connectivity index (χ3v) is 2.44. The van der Waals surface area contributed by atoms with Gasteiger partial charge in [0.15, 0.2) is 0 Å². The minimum atomic E-state index is -0.785. The molecule has 0 aliphatic heterocycles. The van der Waals surface area contributed by atoms with E-state index in [0.29, 0.717) is 6.54 Å². The molecule has 0 atom stereocenters. The van der Waals surface area contributed by atoms with Crippen molar-refractivity contribution < 1.29 is 13.6 Å². The monoisotopic (exact) mass is 257 g/mol. The average molecular weight is 257 g/mol. The Labute approximate surface area is 105 Å². The van der Waals surface area contributed by atoms with E-state index in [4.69, 9.17) is 0 Å². The van der Waals surface area contributed by atoms with E-state index in [1.54, 1.807) is 7.05 Å². The van der Waals surface area contributed by atoms with Crippen LogP contribution in [-0.2, 0) is 0 Å². The quantitative estimate of drug-likeness (QED) is 0.793. The molecule has 0 spiro atoms. The van der Waals surface area contributed by atoms with E-state index in [1.165, 1.54) is 11.0 Å². The zero-order chi connectivity index (χ0) is 13.5. The molecule has 100 valence electrons. The molecule has 0 saturated carbocycles. The zero-order valence-electron chi connectivity index (χ0n) is 10.5.